The van der Waals surface area contributed by atoms with E-state index in [1.807, 2.05) is 18.3 Å². The zero-order valence-corrected chi connectivity index (χ0v) is 29.8. The first-order valence-electron chi connectivity index (χ1n) is 17.9. The highest BCUT2D eigenvalue weighted by atomic mass is 15.4. The number of hydrazine groups is 1. The molecule has 53 heavy (non-hydrogen) atoms. The minimum Gasteiger partial charge on any atom is -0.397 e. The van der Waals surface area contributed by atoms with Crippen molar-refractivity contribution in [2.45, 2.75) is 19.3 Å². The largest absolute Gasteiger partial charge is 0.397 e. The van der Waals surface area contributed by atoms with Gasteiger partial charge in [-0.3, -0.25) is 5.01 Å². The van der Waals surface area contributed by atoms with E-state index in [1.165, 1.54) is 11.1 Å². The Morgan fingerprint density at radius 2 is 0.849 bits per heavy atom. The molecule has 6 heteroatoms. The van der Waals surface area contributed by atoms with E-state index in [4.69, 9.17) is 11.6 Å². The lowest BCUT2D eigenvalue weighted by Gasteiger charge is -2.42. The molecule has 0 aromatic heterocycles. The summed E-state index contributed by atoms with van der Waals surface area (Å²) >= 11 is 0. The molecular weight excluding hydrogens is 649 g/mol. The van der Waals surface area contributed by atoms with Crippen molar-refractivity contribution >= 4 is 62.6 Å². The van der Waals surface area contributed by atoms with E-state index in [1.54, 1.807) is 5.01 Å². The smallest absolute Gasteiger partial charge is 0.0809 e. The summed E-state index contributed by atoms with van der Waals surface area (Å²) in [6, 6.07) is 61.4. The van der Waals surface area contributed by atoms with Crippen LogP contribution in [0.1, 0.15) is 30.5 Å². The molecule has 2 aliphatic rings. The Balaban J connectivity index is 1.06. The third-order valence-electron chi connectivity index (χ3n) is 10.5. The number of hydrogen-bond donors (Lipinski definition) is 2. The van der Waals surface area contributed by atoms with E-state index >= 15 is 0 Å². The van der Waals surface area contributed by atoms with Crippen LogP contribution in [0.25, 0.3) is 5.70 Å². The van der Waals surface area contributed by atoms with E-state index in [9.17, 15) is 0 Å². The lowest BCUT2D eigenvalue weighted by atomic mass is 9.73. The predicted molar refractivity (Wildman–Crippen MR) is 221 cm³/mol. The van der Waals surface area contributed by atoms with Crippen LogP contribution in [0.4, 0.5) is 56.9 Å². The maximum Gasteiger partial charge on any atom is 0.0809 e. The standard InChI is InChI=1S/C47H40N6/c1-47(2)36-18-6-8-20-39(36)53(40-21-9-7-19-37(40)47)42-23-11-10-22-41(42)50(49)32-38(48)33-28-30-35(31-29-33)52-45-26-14-12-24-43(45)51(34-16-4-3-5-17-34)44-25-13-15-27-46(44)52/h3-32H,48-49H2,1-2H3/b38-32-. The fourth-order valence-corrected chi connectivity index (χ4v) is 7.97. The average Bonchev–Trinajstić information content (AvgIpc) is 3.20. The maximum absolute atomic E-state index is 6.89. The Morgan fingerprint density at radius 1 is 0.453 bits per heavy atom. The summed E-state index contributed by atoms with van der Waals surface area (Å²) in [7, 11) is 0. The normalized spacial score (nSPS) is 14.2. The zero-order valence-electron chi connectivity index (χ0n) is 29.8. The second kappa shape index (κ2) is 12.8. The van der Waals surface area contributed by atoms with Gasteiger partial charge in [-0.05, 0) is 89.5 Å². The van der Waals surface area contributed by atoms with Gasteiger partial charge in [-0.15, -0.1) is 0 Å². The van der Waals surface area contributed by atoms with Crippen molar-refractivity contribution in [3.8, 4) is 0 Å². The van der Waals surface area contributed by atoms with Crippen LogP contribution in [0.2, 0.25) is 0 Å². The molecule has 9 rings (SSSR count). The second-order valence-corrected chi connectivity index (χ2v) is 14.0. The first kappa shape index (κ1) is 32.2. The molecule has 7 aromatic rings. The van der Waals surface area contributed by atoms with Crippen LogP contribution >= 0.6 is 0 Å². The molecule has 0 radical (unpaired) electrons. The lowest BCUT2D eigenvalue weighted by Crippen LogP contribution is -2.32. The number of nitrogens with zero attached hydrogens (tertiary/aromatic N) is 4. The molecule has 0 fully saturated rings. The Labute approximate surface area is 311 Å². The van der Waals surface area contributed by atoms with Crippen LogP contribution in [0.5, 0.6) is 0 Å². The van der Waals surface area contributed by atoms with Crippen molar-refractivity contribution < 1.29 is 0 Å². The summed E-state index contributed by atoms with van der Waals surface area (Å²) in [4.78, 5) is 6.96. The van der Waals surface area contributed by atoms with Gasteiger partial charge in [-0.2, -0.15) is 0 Å². The van der Waals surface area contributed by atoms with E-state index in [0.29, 0.717) is 5.70 Å². The van der Waals surface area contributed by atoms with Gasteiger partial charge >= 0.3 is 0 Å². The number of hydrogen-bond acceptors (Lipinski definition) is 6. The van der Waals surface area contributed by atoms with Gasteiger partial charge in [-0.1, -0.05) is 117 Å². The average molecular weight is 689 g/mol. The van der Waals surface area contributed by atoms with Crippen LogP contribution in [0.15, 0.2) is 182 Å². The summed E-state index contributed by atoms with van der Waals surface area (Å²) in [5.41, 5.74) is 21.3. The van der Waals surface area contributed by atoms with Crippen molar-refractivity contribution in [3.05, 3.63) is 199 Å². The second-order valence-electron chi connectivity index (χ2n) is 14.0. The SMILES string of the molecule is CC1(C)c2ccccc2N(c2ccccc2N(N)/C=C(\N)c2ccc(N3c4ccccc4N(c4ccccc4)c4ccccc43)cc2)c2ccccc21. The van der Waals surface area contributed by atoms with Crippen molar-refractivity contribution in [2.24, 2.45) is 11.6 Å². The molecule has 258 valence electrons. The van der Waals surface area contributed by atoms with Crippen LogP contribution in [-0.4, -0.2) is 0 Å². The van der Waals surface area contributed by atoms with Crippen LogP contribution in [0, 0.1) is 0 Å². The molecule has 6 nitrogen and oxygen atoms in total. The Morgan fingerprint density at radius 3 is 1.36 bits per heavy atom. The Kier molecular flexibility index (Phi) is 7.76. The molecule has 0 atom stereocenters. The van der Waals surface area contributed by atoms with Crippen molar-refractivity contribution in [3.63, 3.8) is 0 Å². The number of fused-ring (bicyclic) bond motifs is 4. The summed E-state index contributed by atoms with van der Waals surface area (Å²) in [6.07, 6.45) is 1.81. The number of rotatable bonds is 6. The van der Waals surface area contributed by atoms with E-state index in [-0.39, 0.29) is 5.41 Å². The fourth-order valence-electron chi connectivity index (χ4n) is 7.97. The number of anilines is 10. The molecule has 0 spiro atoms. The van der Waals surface area contributed by atoms with Crippen molar-refractivity contribution in [2.75, 3.05) is 19.7 Å². The van der Waals surface area contributed by atoms with Gasteiger partial charge in [0.15, 0.2) is 0 Å². The van der Waals surface area contributed by atoms with Gasteiger partial charge in [0.2, 0.25) is 0 Å². The number of benzene rings is 7. The molecule has 2 aliphatic heterocycles. The molecule has 0 saturated carbocycles. The van der Waals surface area contributed by atoms with E-state index in [0.717, 1.165) is 62.4 Å². The quantitative estimate of drug-likeness (QED) is 0.134. The molecule has 0 saturated heterocycles. The maximum atomic E-state index is 6.89. The number of nitrogens with two attached hydrogens (primary N) is 2. The predicted octanol–water partition coefficient (Wildman–Crippen LogP) is 11.7. The summed E-state index contributed by atoms with van der Waals surface area (Å²) in [5, 5.41) is 1.64. The molecule has 4 N–H and O–H groups in total. The minimum absolute atomic E-state index is 0.156. The van der Waals surface area contributed by atoms with Gasteiger partial charge in [0.25, 0.3) is 0 Å². The minimum atomic E-state index is -0.156. The van der Waals surface area contributed by atoms with Gasteiger partial charge < -0.3 is 20.4 Å². The monoisotopic (exact) mass is 688 g/mol. The molecule has 0 unspecified atom stereocenters. The molecule has 0 amide bonds. The molecule has 0 aliphatic carbocycles. The zero-order chi connectivity index (χ0) is 36.1. The third-order valence-corrected chi connectivity index (χ3v) is 10.5. The van der Waals surface area contributed by atoms with Crippen molar-refractivity contribution in [1.82, 2.24) is 0 Å². The fraction of sp³-hybridized carbons (Fsp3) is 0.0638. The highest BCUT2D eigenvalue weighted by Crippen LogP contribution is 2.55. The highest BCUT2D eigenvalue weighted by molar-refractivity contribution is 6.01. The first-order valence-corrected chi connectivity index (χ1v) is 17.9. The van der Waals surface area contributed by atoms with Gasteiger partial charge in [0.05, 0.1) is 51.2 Å². The molecule has 7 aromatic carbocycles. The van der Waals surface area contributed by atoms with Gasteiger partial charge in [0.1, 0.15) is 0 Å². The summed E-state index contributed by atoms with van der Waals surface area (Å²) < 4.78 is 0. The van der Waals surface area contributed by atoms with Crippen molar-refractivity contribution in [1.29, 1.82) is 0 Å². The molecule has 2 heterocycles. The lowest BCUT2D eigenvalue weighted by molar-refractivity contribution is 0.632. The summed E-state index contributed by atoms with van der Waals surface area (Å²) in [5.74, 6) is 6.89. The van der Waals surface area contributed by atoms with Gasteiger partial charge in [-0.25, -0.2) is 5.84 Å². The first-order chi connectivity index (χ1) is 25.9. The van der Waals surface area contributed by atoms with E-state index in [2.05, 4.69) is 192 Å². The highest BCUT2D eigenvalue weighted by Gasteiger charge is 2.37. The van der Waals surface area contributed by atoms with Crippen LogP contribution in [0.3, 0.4) is 0 Å². The number of para-hydroxylation sites is 9. The molecular formula is C47H40N6. The topological polar surface area (TPSA) is 65.0 Å². The third kappa shape index (κ3) is 5.31. The van der Waals surface area contributed by atoms with Gasteiger partial charge in [0, 0.05) is 23.0 Å². The molecule has 0 bridgehead atoms. The summed E-state index contributed by atoms with van der Waals surface area (Å²) in [6.45, 7) is 4.58. The Hall–Kier alpha value is -6.76. The van der Waals surface area contributed by atoms with Crippen LogP contribution in [-0.2, 0) is 5.41 Å². The van der Waals surface area contributed by atoms with E-state index < -0.39 is 0 Å². The van der Waals surface area contributed by atoms with Crippen LogP contribution < -0.4 is 31.3 Å². The Bertz CT molecular complexity index is 2390.